The van der Waals surface area contributed by atoms with Gasteiger partial charge in [0, 0.05) is 10.9 Å². The lowest BCUT2D eigenvalue weighted by atomic mass is 10.2. The average molecular weight is 347 g/mol. The molecule has 0 atom stereocenters. The van der Waals surface area contributed by atoms with E-state index < -0.39 is 16.0 Å². The summed E-state index contributed by atoms with van der Waals surface area (Å²) in [5.41, 5.74) is 0.372. The molecule has 0 spiro atoms. The number of aliphatic carboxylic acids is 1. The average Bonchev–Trinajstić information content (AvgIpc) is 2.30. The van der Waals surface area contributed by atoms with Crippen LogP contribution < -0.4 is 4.72 Å². The number of rotatable bonds is 6. The molecule has 0 aliphatic heterocycles. The maximum atomic E-state index is 11.7. The summed E-state index contributed by atoms with van der Waals surface area (Å²) in [6.45, 7) is 0. The van der Waals surface area contributed by atoms with Crippen LogP contribution in [0.5, 0.6) is 0 Å². The fourth-order valence-electron chi connectivity index (χ4n) is 1.33. The molecule has 0 unspecified atom stereocenters. The SMILES string of the molecule is N#Cc1cc(Br)ccc1NS(=O)(=O)CCCC(=O)O. The van der Waals surface area contributed by atoms with Gasteiger partial charge in [-0.1, -0.05) is 15.9 Å². The number of carboxylic acid groups (broad SMARTS) is 1. The summed E-state index contributed by atoms with van der Waals surface area (Å²) in [4.78, 5) is 10.3. The first-order valence-corrected chi connectivity index (χ1v) is 7.70. The summed E-state index contributed by atoms with van der Waals surface area (Å²) in [7, 11) is -3.66. The minimum atomic E-state index is -3.66. The lowest BCUT2D eigenvalue weighted by molar-refractivity contribution is -0.137. The molecule has 0 saturated carbocycles. The van der Waals surface area contributed by atoms with Crippen molar-refractivity contribution in [3.63, 3.8) is 0 Å². The Hall–Kier alpha value is -1.59. The van der Waals surface area contributed by atoms with E-state index in [-0.39, 0.29) is 29.8 Å². The zero-order valence-corrected chi connectivity index (χ0v) is 12.2. The third-order valence-corrected chi connectivity index (χ3v) is 4.02. The lowest BCUT2D eigenvalue weighted by Gasteiger charge is -2.09. The predicted molar refractivity (Wildman–Crippen MR) is 73.1 cm³/mol. The Balaban J connectivity index is 2.79. The minimum Gasteiger partial charge on any atom is -0.481 e. The smallest absolute Gasteiger partial charge is 0.303 e. The zero-order chi connectivity index (χ0) is 14.5. The normalized spacial score (nSPS) is 10.7. The Bertz CT molecular complexity index is 622. The van der Waals surface area contributed by atoms with Crippen LogP contribution in [0, 0.1) is 11.3 Å². The summed E-state index contributed by atoms with van der Waals surface area (Å²) >= 11 is 3.18. The van der Waals surface area contributed by atoms with Crippen molar-refractivity contribution in [1.29, 1.82) is 5.26 Å². The van der Waals surface area contributed by atoms with Gasteiger partial charge in [-0.05, 0) is 24.6 Å². The second-order valence-corrected chi connectivity index (χ2v) is 6.48. The van der Waals surface area contributed by atoms with Crippen molar-refractivity contribution in [2.75, 3.05) is 10.5 Å². The number of nitriles is 1. The molecular formula is C11H11BrN2O4S. The molecule has 0 radical (unpaired) electrons. The van der Waals surface area contributed by atoms with E-state index in [4.69, 9.17) is 10.4 Å². The Morgan fingerprint density at radius 3 is 2.74 bits per heavy atom. The fraction of sp³-hybridized carbons (Fsp3) is 0.273. The van der Waals surface area contributed by atoms with E-state index >= 15 is 0 Å². The monoisotopic (exact) mass is 346 g/mol. The second-order valence-electron chi connectivity index (χ2n) is 3.72. The predicted octanol–water partition coefficient (Wildman–Crippen LogP) is 1.93. The molecule has 8 heteroatoms. The van der Waals surface area contributed by atoms with Crippen LogP contribution in [-0.4, -0.2) is 25.2 Å². The van der Waals surface area contributed by atoms with Crippen molar-refractivity contribution < 1.29 is 18.3 Å². The van der Waals surface area contributed by atoms with Crippen LogP contribution in [0.15, 0.2) is 22.7 Å². The number of nitrogens with one attached hydrogen (secondary N) is 1. The second kappa shape index (κ2) is 6.54. The number of carboxylic acids is 1. The van der Waals surface area contributed by atoms with Crippen LogP contribution in [0.1, 0.15) is 18.4 Å². The third-order valence-electron chi connectivity index (χ3n) is 2.17. The Morgan fingerprint density at radius 1 is 1.47 bits per heavy atom. The van der Waals surface area contributed by atoms with E-state index in [9.17, 15) is 13.2 Å². The molecule has 0 bridgehead atoms. The van der Waals surface area contributed by atoms with Crippen LogP contribution in [0.25, 0.3) is 0 Å². The van der Waals surface area contributed by atoms with Gasteiger partial charge in [0.25, 0.3) is 0 Å². The standard InChI is InChI=1S/C11H11BrN2O4S/c12-9-3-4-10(8(6-9)7-13)14-19(17,18)5-1-2-11(15)16/h3-4,6,14H,1-2,5H2,(H,15,16). The van der Waals surface area contributed by atoms with E-state index in [1.807, 2.05) is 6.07 Å². The Morgan fingerprint density at radius 2 is 2.16 bits per heavy atom. The van der Waals surface area contributed by atoms with Crippen LogP contribution in [0.3, 0.4) is 0 Å². The minimum absolute atomic E-state index is 0.0169. The largest absolute Gasteiger partial charge is 0.481 e. The number of benzene rings is 1. The van der Waals surface area contributed by atoms with Gasteiger partial charge in [-0.25, -0.2) is 8.42 Å². The summed E-state index contributed by atoms with van der Waals surface area (Å²) in [6, 6.07) is 6.45. The van der Waals surface area contributed by atoms with Gasteiger partial charge < -0.3 is 5.11 Å². The van der Waals surface area contributed by atoms with Gasteiger partial charge in [-0.15, -0.1) is 0 Å². The van der Waals surface area contributed by atoms with E-state index in [0.717, 1.165) is 0 Å². The molecular weight excluding hydrogens is 336 g/mol. The summed E-state index contributed by atoms with van der Waals surface area (Å²) in [5.74, 6) is -1.35. The van der Waals surface area contributed by atoms with Crippen molar-refractivity contribution in [3.8, 4) is 6.07 Å². The van der Waals surface area contributed by atoms with Gasteiger partial charge in [-0.3, -0.25) is 9.52 Å². The molecule has 0 amide bonds. The molecule has 0 aliphatic carbocycles. The van der Waals surface area contributed by atoms with E-state index in [0.29, 0.717) is 4.47 Å². The number of halogens is 1. The number of sulfonamides is 1. The van der Waals surface area contributed by atoms with Crippen molar-refractivity contribution in [2.45, 2.75) is 12.8 Å². The van der Waals surface area contributed by atoms with Gasteiger partial charge in [0.05, 0.1) is 17.0 Å². The van der Waals surface area contributed by atoms with E-state index in [2.05, 4.69) is 20.7 Å². The molecule has 6 nitrogen and oxygen atoms in total. The maximum Gasteiger partial charge on any atom is 0.303 e. The van der Waals surface area contributed by atoms with Gasteiger partial charge in [0.2, 0.25) is 10.0 Å². The molecule has 102 valence electrons. The molecule has 0 heterocycles. The topological polar surface area (TPSA) is 107 Å². The molecule has 0 fully saturated rings. The van der Waals surface area contributed by atoms with Gasteiger partial charge in [0.15, 0.2) is 0 Å². The number of hydrogen-bond acceptors (Lipinski definition) is 4. The number of carbonyl (C=O) groups is 1. The Labute approximate surface area is 119 Å². The first-order valence-electron chi connectivity index (χ1n) is 5.26. The van der Waals surface area contributed by atoms with Crippen LogP contribution in [-0.2, 0) is 14.8 Å². The molecule has 0 aromatic heterocycles. The molecule has 1 aromatic carbocycles. The third kappa shape index (κ3) is 5.28. The van der Waals surface area contributed by atoms with Gasteiger partial charge >= 0.3 is 5.97 Å². The summed E-state index contributed by atoms with van der Waals surface area (Å²) in [6.07, 6.45) is -0.199. The highest BCUT2D eigenvalue weighted by atomic mass is 79.9. The van der Waals surface area contributed by atoms with Crippen LogP contribution in [0.4, 0.5) is 5.69 Å². The molecule has 0 saturated heterocycles. The van der Waals surface area contributed by atoms with Crippen molar-refractivity contribution >= 4 is 37.6 Å². The number of anilines is 1. The zero-order valence-electron chi connectivity index (χ0n) is 9.76. The maximum absolute atomic E-state index is 11.7. The highest BCUT2D eigenvalue weighted by Crippen LogP contribution is 2.21. The van der Waals surface area contributed by atoms with Gasteiger partial charge in [0.1, 0.15) is 6.07 Å². The van der Waals surface area contributed by atoms with Crippen molar-refractivity contribution in [1.82, 2.24) is 0 Å². The molecule has 19 heavy (non-hydrogen) atoms. The highest BCUT2D eigenvalue weighted by molar-refractivity contribution is 9.10. The summed E-state index contributed by atoms with van der Waals surface area (Å²) < 4.78 is 26.4. The number of nitrogens with zero attached hydrogens (tertiary/aromatic N) is 1. The van der Waals surface area contributed by atoms with Gasteiger partial charge in [-0.2, -0.15) is 5.26 Å². The first-order chi connectivity index (χ1) is 8.84. The lowest BCUT2D eigenvalue weighted by Crippen LogP contribution is -2.18. The van der Waals surface area contributed by atoms with Crippen LogP contribution >= 0.6 is 15.9 Å². The Kier molecular flexibility index (Phi) is 5.32. The van der Waals surface area contributed by atoms with Crippen molar-refractivity contribution in [2.24, 2.45) is 0 Å². The highest BCUT2D eigenvalue weighted by Gasteiger charge is 2.13. The van der Waals surface area contributed by atoms with E-state index in [1.54, 1.807) is 6.07 Å². The first kappa shape index (κ1) is 15.5. The molecule has 1 rings (SSSR count). The number of hydrogen-bond donors (Lipinski definition) is 2. The van der Waals surface area contributed by atoms with E-state index in [1.165, 1.54) is 12.1 Å². The quantitative estimate of drug-likeness (QED) is 0.818. The summed E-state index contributed by atoms with van der Waals surface area (Å²) in [5, 5.41) is 17.4. The van der Waals surface area contributed by atoms with Crippen molar-refractivity contribution in [3.05, 3.63) is 28.2 Å². The molecule has 1 aromatic rings. The molecule has 2 N–H and O–H groups in total. The fourth-order valence-corrected chi connectivity index (χ4v) is 2.83. The van der Waals surface area contributed by atoms with Crippen LogP contribution in [0.2, 0.25) is 0 Å². The molecule has 0 aliphatic rings.